The molecule has 0 amide bonds. The summed E-state index contributed by atoms with van der Waals surface area (Å²) in [5.74, 6) is 0.929. The molecule has 1 aliphatic heterocycles. The van der Waals surface area contributed by atoms with E-state index in [1.54, 1.807) is 0 Å². The summed E-state index contributed by atoms with van der Waals surface area (Å²) in [7, 11) is -4.46. The number of rotatable bonds is 10. The first-order chi connectivity index (χ1) is 19.3. The molecule has 3 aromatic rings. The number of benzene rings is 2. The third kappa shape index (κ3) is 6.81. The zero-order chi connectivity index (χ0) is 28.1. The van der Waals surface area contributed by atoms with Gasteiger partial charge in [0.1, 0.15) is 5.82 Å². The number of piperidine rings is 1. The Hall–Kier alpha value is -3.45. The molecule has 5 rings (SSSR count). The number of hydrogen-bond acceptors (Lipinski definition) is 10. The summed E-state index contributed by atoms with van der Waals surface area (Å²) in [5.41, 5.74) is 4.10. The van der Waals surface area contributed by atoms with Crippen LogP contribution in [-0.4, -0.2) is 56.5 Å². The number of nitrogens with zero attached hydrogens (tertiary/aromatic N) is 5. The smallest absolute Gasteiger partial charge is 0.369 e. The molecular weight excluding hydrogens is 550 g/mol. The van der Waals surface area contributed by atoms with E-state index in [0.717, 1.165) is 59.0 Å². The second kappa shape index (κ2) is 12.4. The number of likely N-dealkylation sites (N-methyl/N-ethyl adjacent to an activating group) is 1. The Bertz CT molecular complexity index is 1530. The number of thiazole rings is 1. The highest BCUT2D eigenvalue weighted by atomic mass is 32.3. The van der Waals surface area contributed by atoms with Gasteiger partial charge >= 0.3 is 10.4 Å². The lowest BCUT2D eigenvalue weighted by Crippen LogP contribution is -2.30. The molecule has 210 valence electrons. The van der Waals surface area contributed by atoms with Gasteiger partial charge in [-0.1, -0.05) is 35.6 Å². The van der Waals surface area contributed by atoms with Crippen molar-refractivity contribution in [3.63, 3.8) is 0 Å². The maximum absolute atomic E-state index is 13.0. The number of anilines is 2. The standard InChI is InChI=1S/C28H31N5O5S2/c1-2-32(16-17-38-40(35,36)37)23-12-10-22(11-13-23)30-31-28-29-27(33-14-6-3-7-15-33)25(39-28)19-21-18-20-8-4-5-9-24(20)26(21)34/h4-5,8-13,19H,2-3,6-7,14-18H2,1H3,(H,35,36,37)/b21-19+,31-30?. The SMILES string of the molecule is CCN(CCOS(=O)(=O)O)c1ccc(N=Nc2nc(N3CCCCC3)c(/C=C3\Cc4ccccc4C3=O)s2)cc1. The lowest BCUT2D eigenvalue weighted by molar-refractivity contribution is 0.104. The minimum absolute atomic E-state index is 0.0718. The number of carbonyl (C=O) groups excluding carboxylic acids is 1. The Balaban J connectivity index is 1.34. The molecule has 1 aromatic heterocycles. The molecular formula is C28H31N5O5S2. The molecule has 1 saturated heterocycles. The second-order valence-corrected chi connectivity index (χ2v) is 11.7. The number of aromatic nitrogens is 1. The van der Waals surface area contributed by atoms with E-state index >= 15 is 0 Å². The van der Waals surface area contributed by atoms with Gasteiger partial charge in [0.05, 0.1) is 17.2 Å². The van der Waals surface area contributed by atoms with Crippen molar-refractivity contribution in [2.75, 3.05) is 42.6 Å². The van der Waals surface area contributed by atoms with Crippen LogP contribution in [0, 0.1) is 0 Å². The third-order valence-electron chi connectivity index (χ3n) is 6.96. The maximum Gasteiger partial charge on any atom is 0.397 e. The fourth-order valence-electron chi connectivity index (χ4n) is 4.96. The van der Waals surface area contributed by atoms with Crippen molar-refractivity contribution in [2.24, 2.45) is 10.2 Å². The lowest BCUT2D eigenvalue weighted by atomic mass is 10.1. The van der Waals surface area contributed by atoms with Crippen molar-refractivity contribution >= 4 is 55.9 Å². The third-order valence-corrected chi connectivity index (χ3v) is 8.30. The number of hydrogen-bond donors (Lipinski definition) is 1. The topological polar surface area (TPSA) is 125 Å². The van der Waals surface area contributed by atoms with Gasteiger partial charge < -0.3 is 9.80 Å². The van der Waals surface area contributed by atoms with E-state index in [1.807, 2.05) is 66.4 Å². The Morgan fingerprint density at radius 2 is 1.85 bits per heavy atom. The van der Waals surface area contributed by atoms with E-state index in [9.17, 15) is 13.2 Å². The van der Waals surface area contributed by atoms with Crippen LogP contribution in [0.5, 0.6) is 0 Å². The molecule has 40 heavy (non-hydrogen) atoms. The van der Waals surface area contributed by atoms with E-state index in [0.29, 0.717) is 30.3 Å². The van der Waals surface area contributed by atoms with E-state index in [-0.39, 0.29) is 12.4 Å². The first-order valence-electron chi connectivity index (χ1n) is 13.3. The zero-order valence-electron chi connectivity index (χ0n) is 22.2. The van der Waals surface area contributed by atoms with Gasteiger partial charge in [0.2, 0.25) is 5.13 Å². The predicted octanol–water partition coefficient (Wildman–Crippen LogP) is 6.02. The summed E-state index contributed by atoms with van der Waals surface area (Å²) in [6.07, 6.45) is 6.02. The lowest BCUT2D eigenvalue weighted by Gasteiger charge is -2.27. The average Bonchev–Trinajstić information content (AvgIpc) is 3.51. The van der Waals surface area contributed by atoms with Crippen LogP contribution >= 0.6 is 11.3 Å². The minimum atomic E-state index is -4.46. The van der Waals surface area contributed by atoms with Gasteiger partial charge in [-0.2, -0.15) is 13.4 Å². The molecule has 0 radical (unpaired) electrons. The van der Waals surface area contributed by atoms with Crippen LogP contribution in [0.2, 0.25) is 0 Å². The number of Topliss-reactive ketones (excluding diaryl/α,β-unsaturated/α-hetero) is 1. The molecule has 0 bridgehead atoms. The van der Waals surface area contributed by atoms with Crippen molar-refractivity contribution in [2.45, 2.75) is 32.6 Å². The number of allylic oxidation sites excluding steroid dienone is 1. The summed E-state index contributed by atoms with van der Waals surface area (Å²) in [5, 5.41) is 9.33. The van der Waals surface area contributed by atoms with E-state index < -0.39 is 10.4 Å². The van der Waals surface area contributed by atoms with Crippen molar-refractivity contribution in [1.29, 1.82) is 0 Å². The Morgan fingerprint density at radius 3 is 2.55 bits per heavy atom. The van der Waals surface area contributed by atoms with Crippen LogP contribution in [0.4, 0.5) is 22.3 Å². The van der Waals surface area contributed by atoms with Gasteiger partial charge in [0.25, 0.3) is 0 Å². The van der Waals surface area contributed by atoms with Gasteiger partial charge in [-0.3, -0.25) is 9.35 Å². The molecule has 2 aliphatic rings. The molecule has 2 heterocycles. The molecule has 1 fully saturated rings. The van der Waals surface area contributed by atoms with Gasteiger partial charge in [0, 0.05) is 49.4 Å². The van der Waals surface area contributed by atoms with Crippen molar-refractivity contribution in [3.05, 3.63) is 70.1 Å². The number of azo groups is 1. The Labute approximate surface area is 238 Å². The highest BCUT2D eigenvalue weighted by Gasteiger charge is 2.26. The molecule has 12 heteroatoms. The minimum Gasteiger partial charge on any atom is -0.369 e. The van der Waals surface area contributed by atoms with Gasteiger partial charge in [-0.25, -0.2) is 4.18 Å². The van der Waals surface area contributed by atoms with Crippen LogP contribution in [0.25, 0.3) is 6.08 Å². The van der Waals surface area contributed by atoms with Gasteiger partial charge in [-0.05, 0) is 62.1 Å². The Morgan fingerprint density at radius 1 is 1.10 bits per heavy atom. The molecule has 0 spiro atoms. The van der Waals surface area contributed by atoms with E-state index in [4.69, 9.17) is 9.54 Å². The van der Waals surface area contributed by atoms with Crippen LogP contribution < -0.4 is 9.80 Å². The molecule has 0 saturated carbocycles. The van der Waals surface area contributed by atoms with Crippen LogP contribution in [0.15, 0.2) is 64.3 Å². The monoisotopic (exact) mass is 581 g/mol. The molecule has 1 aliphatic carbocycles. The van der Waals surface area contributed by atoms with Crippen LogP contribution in [0.1, 0.15) is 47.0 Å². The average molecular weight is 582 g/mol. The van der Waals surface area contributed by atoms with E-state index in [1.165, 1.54) is 17.8 Å². The van der Waals surface area contributed by atoms with Crippen LogP contribution in [-0.2, 0) is 21.0 Å². The highest BCUT2D eigenvalue weighted by Crippen LogP contribution is 2.38. The van der Waals surface area contributed by atoms with Crippen molar-refractivity contribution < 1.29 is 21.9 Å². The fourth-order valence-corrected chi connectivity index (χ4v) is 6.13. The van der Waals surface area contributed by atoms with Crippen LogP contribution in [0.3, 0.4) is 0 Å². The summed E-state index contributed by atoms with van der Waals surface area (Å²) >= 11 is 1.43. The summed E-state index contributed by atoms with van der Waals surface area (Å²) in [4.78, 5) is 22.9. The largest absolute Gasteiger partial charge is 0.397 e. The van der Waals surface area contributed by atoms with Gasteiger partial charge in [-0.15, -0.1) is 10.2 Å². The molecule has 0 atom stereocenters. The van der Waals surface area contributed by atoms with Crippen molar-refractivity contribution in [1.82, 2.24) is 4.98 Å². The predicted molar refractivity (Wildman–Crippen MR) is 157 cm³/mol. The fraction of sp³-hybridized carbons (Fsp3) is 0.357. The second-order valence-electron chi connectivity index (χ2n) is 9.61. The Kier molecular flexibility index (Phi) is 8.69. The zero-order valence-corrected chi connectivity index (χ0v) is 23.8. The summed E-state index contributed by atoms with van der Waals surface area (Å²) in [6.45, 7) is 4.55. The number of ketones is 1. The van der Waals surface area contributed by atoms with Gasteiger partial charge in [0.15, 0.2) is 5.78 Å². The highest BCUT2D eigenvalue weighted by molar-refractivity contribution is 7.80. The van der Waals surface area contributed by atoms with Crippen molar-refractivity contribution in [3.8, 4) is 0 Å². The molecule has 2 aromatic carbocycles. The normalized spacial score (nSPS) is 16.7. The molecule has 1 N–H and O–H groups in total. The molecule has 0 unspecified atom stereocenters. The quantitative estimate of drug-likeness (QED) is 0.175. The summed E-state index contributed by atoms with van der Waals surface area (Å²) < 4.78 is 34.8. The number of carbonyl (C=O) groups is 1. The summed E-state index contributed by atoms with van der Waals surface area (Å²) in [6, 6.07) is 15.1. The maximum atomic E-state index is 13.0. The first kappa shape index (κ1) is 28.1. The number of fused-ring (bicyclic) bond motifs is 1. The van der Waals surface area contributed by atoms with E-state index in [2.05, 4.69) is 19.3 Å². The molecule has 10 nitrogen and oxygen atoms in total. The first-order valence-corrected chi connectivity index (χ1v) is 15.5.